The van der Waals surface area contributed by atoms with Gasteiger partial charge in [0.05, 0.1) is 12.3 Å². The molecule has 2 aromatic heterocycles. The van der Waals surface area contributed by atoms with Crippen molar-refractivity contribution >= 4 is 5.84 Å². The molecule has 0 radical (unpaired) electrons. The summed E-state index contributed by atoms with van der Waals surface area (Å²) in [6, 6.07) is 13.7. The van der Waals surface area contributed by atoms with Crippen LogP contribution in [0, 0.1) is 6.92 Å². The highest BCUT2D eigenvalue weighted by Gasteiger charge is 2.43. The van der Waals surface area contributed by atoms with Crippen molar-refractivity contribution in [3.8, 4) is 17.3 Å². The smallest absolute Gasteiger partial charge is 0.297 e. The lowest BCUT2D eigenvalue weighted by molar-refractivity contribution is -0.533. The molecule has 9 nitrogen and oxygen atoms in total. The second-order valence-corrected chi connectivity index (χ2v) is 7.80. The van der Waals surface area contributed by atoms with Crippen molar-refractivity contribution in [2.45, 2.75) is 38.2 Å². The first-order chi connectivity index (χ1) is 15.6. The molecular formula is C23H29N6O3+. The molecule has 1 unspecified atom stereocenters. The molecule has 6 N–H and O–H groups in total. The van der Waals surface area contributed by atoms with Gasteiger partial charge < -0.3 is 13.9 Å². The fourth-order valence-electron chi connectivity index (χ4n) is 3.88. The van der Waals surface area contributed by atoms with Gasteiger partial charge in [-0.25, -0.2) is 15.8 Å². The molecule has 1 aliphatic rings. The fourth-order valence-corrected chi connectivity index (χ4v) is 3.88. The summed E-state index contributed by atoms with van der Waals surface area (Å²) < 4.78 is 17.6. The Morgan fingerprint density at radius 2 is 2.09 bits per heavy atom. The van der Waals surface area contributed by atoms with E-state index >= 15 is 0 Å². The first-order valence-corrected chi connectivity index (χ1v) is 10.7. The van der Waals surface area contributed by atoms with Gasteiger partial charge >= 0.3 is 0 Å². The summed E-state index contributed by atoms with van der Waals surface area (Å²) in [5, 5.41) is 2.76. The number of nitrogens with two attached hydrogens (primary N) is 2. The van der Waals surface area contributed by atoms with Crippen LogP contribution in [0.15, 0.2) is 53.1 Å². The monoisotopic (exact) mass is 437 g/mol. The third-order valence-corrected chi connectivity index (χ3v) is 5.59. The van der Waals surface area contributed by atoms with Gasteiger partial charge in [0, 0.05) is 37.3 Å². The van der Waals surface area contributed by atoms with Crippen LogP contribution in [0.25, 0.3) is 11.5 Å². The minimum absolute atomic E-state index is 0.452. The van der Waals surface area contributed by atoms with Gasteiger partial charge in [-0.3, -0.25) is 5.73 Å². The number of hydrazone groups is 1. The zero-order valence-electron chi connectivity index (χ0n) is 18.1. The molecule has 3 heterocycles. The van der Waals surface area contributed by atoms with Crippen LogP contribution in [0.1, 0.15) is 29.9 Å². The second kappa shape index (κ2) is 9.80. The molecule has 0 aliphatic carbocycles. The maximum Gasteiger partial charge on any atom is 0.297 e. The van der Waals surface area contributed by atoms with Crippen LogP contribution in [0.3, 0.4) is 0 Å². The Morgan fingerprint density at radius 1 is 1.25 bits per heavy atom. The largest absolute Gasteiger partial charge is 0.477 e. The number of pyridine rings is 1. The molecule has 0 bridgehead atoms. The van der Waals surface area contributed by atoms with Crippen LogP contribution >= 0.6 is 0 Å². The lowest BCUT2D eigenvalue weighted by Crippen LogP contribution is -2.90. The maximum absolute atomic E-state index is 6.15. The molecular weight excluding hydrogens is 408 g/mol. The molecule has 1 atom stereocenters. The van der Waals surface area contributed by atoms with Gasteiger partial charge in [0.1, 0.15) is 5.76 Å². The SMILES string of the molecule is Cc1oc(-c2ccccc2)nc1CCOc1ccc(CC2(C(N)=[NH+]NN)CCCO2)cn1. The third-order valence-electron chi connectivity index (χ3n) is 5.59. The minimum atomic E-state index is -0.600. The van der Waals surface area contributed by atoms with Gasteiger partial charge in [-0.15, -0.1) is 0 Å². The van der Waals surface area contributed by atoms with Crippen molar-refractivity contribution in [2.24, 2.45) is 11.6 Å². The van der Waals surface area contributed by atoms with Crippen LogP contribution in [0.2, 0.25) is 0 Å². The highest BCUT2D eigenvalue weighted by Crippen LogP contribution is 2.29. The summed E-state index contributed by atoms with van der Waals surface area (Å²) in [6.07, 6.45) is 4.77. The van der Waals surface area contributed by atoms with Crippen LogP contribution in [0.5, 0.6) is 5.88 Å². The van der Waals surface area contributed by atoms with E-state index in [0.29, 0.717) is 43.7 Å². The van der Waals surface area contributed by atoms with Gasteiger partial charge in [0.2, 0.25) is 11.8 Å². The van der Waals surface area contributed by atoms with Crippen LogP contribution in [0.4, 0.5) is 0 Å². The van der Waals surface area contributed by atoms with Crippen molar-refractivity contribution in [1.82, 2.24) is 15.5 Å². The molecule has 4 rings (SSSR count). The highest BCUT2D eigenvalue weighted by atomic mass is 16.5. The highest BCUT2D eigenvalue weighted by molar-refractivity contribution is 5.84. The number of ether oxygens (including phenoxy) is 2. The molecule has 0 spiro atoms. The van der Waals surface area contributed by atoms with Crippen LogP contribution < -0.4 is 26.9 Å². The number of nitrogens with zero attached hydrogens (tertiary/aromatic N) is 2. The van der Waals surface area contributed by atoms with E-state index in [4.69, 9.17) is 25.5 Å². The molecule has 3 aromatic rings. The van der Waals surface area contributed by atoms with E-state index in [1.54, 1.807) is 6.20 Å². The summed E-state index contributed by atoms with van der Waals surface area (Å²) in [4.78, 5) is 9.04. The van der Waals surface area contributed by atoms with Gasteiger partial charge in [0.25, 0.3) is 5.84 Å². The van der Waals surface area contributed by atoms with E-state index in [9.17, 15) is 0 Å². The van der Waals surface area contributed by atoms with E-state index in [2.05, 4.69) is 20.6 Å². The Balaban J connectivity index is 1.34. The van der Waals surface area contributed by atoms with Crippen molar-refractivity contribution in [3.05, 3.63) is 65.7 Å². The molecule has 1 aliphatic heterocycles. The predicted octanol–water partition coefficient (Wildman–Crippen LogP) is 0.574. The standard InChI is InChI=1S/C23H28N6O3/c1-16-19(27-21(32-16)18-6-3-2-4-7-18)10-13-30-20-9-8-17(15-26-20)14-23(11-5-12-31-23)22(24)28-29-25/h2-4,6-9,15,29H,5,10-14,25H2,1H3,(H2,24,28)/p+1. The topological polar surface area (TPSA) is 135 Å². The zero-order chi connectivity index (χ0) is 22.4. The molecule has 32 heavy (non-hydrogen) atoms. The van der Waals surface area contributed by atoms with Crippen molar-refractivity contribution < 1.29 is 19.0 Å². The number of nitrogens with one attached hydrogen (secondary N) is 2. The summed E-state index contributed by atoms with van der Waals surface area (Å²) >= 11 is 0. The lowest BCUT2D eigenvalue weighted by Gasteiger charge is -2.23. The third kappa shape index (κ3) is 4.90. The van der Waals surface area contributed by atoms with Crippen LogP contribution in [-0.2, 0) is 17.6 Å². The summed E-state index contributed by atoms with van der Waals surface area (Å²) in [5.41, 5.74) is 10.8. The Kier molecular flexibility index (Phi) is 6.67. The van der Waals surface area contributed by atoms with Crippen molar-refractivity contribution in [1.29, 1.82) is 0 Å². The maximum atomic E-state index is 6.15. The molecule has 1 saturated heterocycles. The number of hydrogen-bond donors (Lipinski definition) is 4. The number of hydrazine groups is 2. The number of hydrogen-bond acceptors (Lipinski definition) is 7. The Bertz CT molecular complexity index is 1040. The first kappa shape index (κ1) is 21.8. The minimum Gasteiger partial charge on any atom is -0.477 e. The summed E-state index contributed by atoms with van der Waals surface area (Å²) in [5.74, 6) is 7.79. The number of amidine groups is 1. The quantitative estimate of drug-likeness (QED) is 0.165. The fraction of sp³-hybridized carbons (Fsp3) is 0.348. The second-order valence-electron chi connectivity index (χ2n) is 7.80. The summed E-state index contributed by atoms with van der Waals surface area (Å²) in [7, 11) is 0. The normalized spacial score (nSPS) is 18.6. The first-order valence-electron chi connectivity index (χ1n) is 10.7. The van der Waals surface area contributed by atoms with Gasteiger partial charge in [-0.2, -0.15) is 10.6 Å². The van der Waals surface area contributed by atoms with E-state index < -0.39 is 5.60 Å². The lowest BCUT2D eigenvalue weighted by atomic mass is 9.91. The summed E-state index contributed by atoms with van der Waals surface area (Å²) in [6.45, 7) is 3.03. The predicted molar refractivity (Wildman–Crippen MR) is 119 cm³/mol. The Hall–Kier alpha value is -3.43. The average Bonchev–Trinajstić information content (AvgIpc) is 3.43. The van der Waals surface area contributed by atoms with E-state index in [1.807, 2.05) is 49.4 Å². The molecule has 9 heteroatoms. The number of oxazole rings is 1. The van der Waals surface area contributed by atoms with Gasteiger partial charge in [-0.1, -0.05) is 24.3 Å². The molecule has 1 fully saturated rings. The Labute approximate surface area is 186 Å². The van der Waals surface area contributed by atoms with Crippen LogP contribution in [-0.4, -0.2) is 34.6 Å². The number of benzene rings is 1. The van der Waals surface area contributed by atoms with Crippen molar-refractivity contribution in [3.63, 3.8) is 0 Å². The molecule has 1 aromatic carbocycles. The van der Waals surface area contributed by atoms with Gasteiger partial charge in [0.15, 0.2) is 5.60 Å². The number of rotatable bonds is 9. The molecule has 168 valence electrons. The number of aryl methyl sites for hydroxylation is 1. The number of aromatic nitrogens is 2. The molecule has 0 saturated carbocycles. The average molecular weight is 438 g/mol. The zero-order valence-corrected chi connectivity index (χ0v) is 18.1. The molecule has 0 amide bonds. The van der Waals surface area contributed by atoms with Gasteiger partial charge in [-0.05, 0) is 37.5 Å². The van der Waals surface area contributed by atoms with E-state index in [0.717, 1.165) is 35.4 Å². The van der Waals surface area contributed by atoms with E-state index in [1.165, 1.54) is 0 Å². The van der Waals surface area contributed by atoms with E-state index in [-0.39, 0.29) is 0 Å². The Morgan fingerprint density at radius 3 is 2.78 bits per heavy atom. The van der Waals surface area contributed by atoms with Crippen molar-refractivity contribution in [2.75, 3.05) is 13.2 Å².